The van der Waals surface area contributed by atoms with Gasteiger partial charge in [0.15, 0.2) is 0 Å². The molecule has 1 aliphatic heterocycles. The van der Waals surface area contributed by atoms with Crippen molar-refractivity contribution in [2.45, 2.75) is 96.7 Å². The van der Waals surface area contributed by atoms with Crippen LogP contribution in [0.3, 0.4) is 0 Å². The van der Waals surface area contributed by atoms with Crippen molar-refractivity contribution in [3.63, 3.8) is 0 Å². The molecule has 1 heterocycles. The highest BCUT2D eigenvalue weighted by atomic mass is 15.3. The lowest BCUT2D eigenvalue weighted by molar-refractivity contribution is -0.0319. The Bertz CT molecular complexity index is 303. The third kappa shape index (κ3) is 3.39. The Hall–Kier alpha value is -0.0800. The highest BCUT2D eigenvalue weighted by Crippen LogP contribution is 2.37. The van der Waals surface area contributed by atoms with Crippen LogP contribution in [0.4, 0.5) is 0 Å². The van der Waals surface area contributed by atoms with E-state index < -0.39 is 0 Å². The molecule has 1 atom stereocenters. The van der Waals surface area contributed by atoms with Crippen molar-refractivity contribution in [2.24, 2.45) is 5.92 Å². The van der Waals surface area contributed by atoms with Crippen LogP contribution in [0, 0.1) is 5.92 Å². The van der Waals surface area contributed by atoms with E-state index in [2.05, 4.69) is 44.8 Å². The fourth-order valence-electron chi connectivity index (χ4n) is 4.51. The lowest BCUT2D eigenvalue weighted by atomic mass is 9.76. The van der Waals surface area contributed by atoms with Gasteiger partial charge in [0.2, 0.25) is 0 Å². The van der Waals surface area contributed by atoms with Crippen molar-refractivity contribution < 1.29 is 0 Å². The molecule has 0 amide bonds. The van der Waals surface area contributed by atoms with Crippen LogP contribution >= 0.6 is 0 Å². The maximum Gasteiger partial charge on any atom is 0.0309 e. The summed E-state index contributed by atoms with van der Waals surface area (Å²) >= 11 is 0. The molecule has 0 aromatic heterocycles. The molecule has 20 heavy (non-hydrogen) atoms. The molecule has 1 saturated carbocycles. The third-order valence-corrected chi connectivity index (χ3v) is 5.78. The summed E-state index contributed by atoms with van der Waals surface area (Å²) in [6, 6.07) is 0.698. The molecule has 118 valence electrons. The number of rotatable bonds is 4. The lowest BCUT2D eigenvalue weighted by Gasteiger charge is -2.56. The largest absolute Gasteiger partial charge is 0.308 e. The smallest absolute Gasteiger partial charge is 0.0309 e. The normalized spacial score (nSPS) is 28.2. The molecule has 2 fully saturated rings. The molecule has 2 aliphatic rings. The first-order valence-electron chi connectivity index (χ1n) is 8.92. The summed E-state index contributed by atoms with van der Waals surface area (Å²) in [6.45, 7) is 14.5. The number of hydrogen-bond donors (Lipinski definition) is 1. The van der Waals surface area contributed by atoms with Crippen molar-refractivity contribution in [3.8, 4) is 0 Å². The first-order valence-corrected chi connectivity index (χ1v) is 8.92. The maximum atomic E-state index is 3.97. The van der Waals surface area contributed by atoms with Gasteiger partial charge >= 0.3 is 0 Å². The van der Waals surface area contributed by atoms with Crippen LogP contribution in [0.5, 0.6) is 0 Å². The maximum absolute atomic E-state index is 3.97. The van der Waals surface area contributed by atoms with Gasteiger partial charge in [-0.25, -0.2) is 0 Å². The number of nitrogens with one attached hydrogen (secondary N) is 1. The molecular formula is C18H36N2. The van der Waals surface area contributed by atoms with Gasteiger partial charge in [0.25, 0.3) is 0 Å². The van der Waals surface area contributed by atoms with E-state index in [-0.39, 0.29) is 0 Å². The Labute approximate surface area is 126 Å². The SMILES string of the molecule is CCCC(C)(C)N1CC2(CCCCC2)NCC1C(C)C. The summed E-state index contributed by atoms with van der Waals surface area (Å²) in [7, 11) is 0. The van der Waals surface area contributed by atoms with Crippen LogP contribution in [0.1, 0.15) is 79.6 Å². The number of piperazine rings is 1. The fraction of sp³-hybridized carbons (Fsp3) is 1.00. The van der Waals surface area contributed by atoms with Gasteiger partial charge in [-0.2, -0.15) is 0 Å². The molecule has 2 nitrogen and oxygen atoms in total. The molecule has 1 spiro atoms. The van der Waals surface area contributed by atoms with Gasteiger partial charge in [0.1, 0.15) is 0 Å². The molecule has 1 N–H and O–H groups in total. The second kappa shape index (κ2) is 6.36. The second-order valence-electron chi connectivity index (χ2n) is 8.22. The van der Waals surface area contributed by atoms with E-state index in [4.69, 9.17) is 0 Å². The van der Waals surface area contributed by atoms with Crippen molar-refractivity contribution in [3.05, 3.63) is 0 Å². The van der Waals surface area contributed by atoms with Crippen molar-refractivity contribution in [2.75, 3.05) is 13.1 Å². The van der Waals surface area contributed by atoms with Gasteiger partial charge in [0.05, 0.1) is 0 Å². The second-order valence-corrected chi connectivity index (χ2v) is 8.22. The van der Waals surface area contributed by atoms with Gasteiger partial charge in [-0.15, -0.1) is 0 Å². The quantitative estimate of drug-likeness (QED) is 0.830. The monoisotopic (exact) mass is 280 g/mol. The predicted molar refractivity (Wildman–Crippen MR) is 88.1 cm³/mol. The first kappa shape index (κ1) is 16.3. The van der Waals surface area contributed by atoms with E-state index in [1.807, 2.05) is 0 Å². The first-order chi connectivity index (χ1) is 9.40. The van der Waals surface area contributed by atoms with Gasteiger partial charge < -0.3 is 5.32 Å². The summed E-state index contributed by atoms with van der Waals surface area (Å²) in [4.78, 5) is 2.86. The van der Waals surface area contributed by atoms with Crippen LogP contribution in [-0.2, 0) is 0 Å². The third-order valence-electron chi connectivity index (χ3n) is 5.78. The average molecular weight is 280 g/mol. The van der Waals surface area contributed by atoms with Crippen molar-refractivity contribution in [1.82, 2.24) is 10.2 Å². The lowest BCUT2D eigenvalue weighted by Crippen LogP contribution is -2.69. The fourth-order valence-corrected chi connectivity index (χ4v) is 4.51. The van der Waals surface area contributed by atoms with Crippen LogP contribution < -0.4 is 5.32 Å². The van der Waals surface area contributed by atoms with Gasteiger partial charge in [-0.1, -0.05) is 46.5 Å². The Morgan fingerprint density at radius 1 is 1.20 bits per heavy atom. The predicted octanol–water partition coefficient (Wildman–Crippen LogP) is 4.20. The van der Waals surface area contributed by atoms with Crippen LogP contribution in [0.25, 0.3) is 0 Å². The van der Waals surface area contributed by atoms with Crippen LogP contribution in [0.15, 0.2) is 0 Å². The van der Waals surface area contributed by atoms with Gasteiger partial charge in [-0.3, -0.25) is 4.90 Å². The van der Waals surface area contributed by atoms with E-state index in [0.717, 1.165) is 5.92 Å². The molecule has 0 bridgehead atoms. The standard InChI is InChI=1S/C18H36N2/c1-6-10-17(4,5)20-14-18(11-8-7-9-12-18)19-13-16(20)15(2)3/h15-16,19H,6-14H2,1-5H3. The minimum absolute atomic E-state index is 0.343. The molecule has 0 aromatic rings. The zero-order valence-corrected chi connectivity index (χ0v) is 14.5. The minimum atomic E-state index is 0.343. The summed E-state index contributed by atoms with van der Waals surface area (Å²) in [5.41, 5.74) is 0.769. The molecule has 1 aliphatic carbocycles. The molecule has 1 saturated heterocycles. The van der Waals surface area contributed by atoms with E-state index in [0.29, 0.717) is 17.1 Å². The number of hydrogen-bond acceptors (Lipinski definition) is 2. The summed E-state index contributed by atoms with van der Waals surface area (Å²) in [6.07, 6.45) is 9.65. The zero-order valence-electron chi connectivity index (χ0n) is 14.5. The molecule has 0 aromatic carbocycles. The minimum Gasteiger partial charge on any atom is -0.308 e. The van der Waals surface area contributed by atoms with Crippen LogP contribution in [0.2, 0.25) is 0 Å². The highest BCUT2D eigenvalue weighted by Gasteiger charge is 2.44. The molecule has 2 heteroatoms. The van der Waals surface area contributed by atoms with Gasteiger partial charge in [-0.05, 0) is 39.0 Å². The van der Waals surface area contributed by atoms with E-state index in [9.17, 15) is 0 Å². The van der Waals surface area contributed by atoms with E-state index in [1.165, 1.54) is 58.0 Å². The van der Waals surface area contributed by atoms with E-state index >= 15 is 0 Å². The van der Waals surface area contributed by atoms with E-state index in [1.54, 1.807) is 0 Å². The Morgan fingerprint density at radius 3 is 2.40 bits per heavy atom. The summed E-state index contributed by atoms with van der Waals surface area (Å²) < 4.78 is 0. The molecule has 2 rings (SSSR count). The summed E-state index contributed by atoms with van der Waals surface area (Å²) in [5.74, 6) is 0.736. The molecular weight excluding hydrogens is 244 g/mol. The zero-order chi connectivity index (χ0) is 14.8. The number of nitrogens with zero attached hydrogens (tertiary/aromatic N) is 1. The highest BCUT2D eigenvalue weighted by molar-refractivity contribution is 5.03. The average Bonchev–Trinajstić information content (AvgIpc) is 2.39. The van der Waals surface area contributed by atoms with Crippen molar-refractivity contribution in [1.29, 1.82) is 0 Å². The topological polar surface area (TPSA) is 15.3 Å². The Morgan fingerprint density at radius 2 is 1.85 bits per heavy atom. The van der Waals surface area contributed by atoms with Gasteiger partial charge in [0, 0.05) is 30.2 Å². The molecule has 0 radical (unpaired) electrons. The summed E-state index contributed by atoms with van der Waals surface area (Å²) in [5, 5.41) is 3.97. The van der Waals surface area contributed by atoms with Crippen LogP contribution in [-0.4, -0.2) is 35.1 Å². The Kier molecular flexibility index (Phi) is 5.18. The van der Waals surface area contributed by atoms with Crippen molar-refractivity contribution >= 4 is 0 Å². The molecule has 1 unspecified atom stereocenters. The Balaban J connectivity index is 2.17.